The first-order valence-electron chi connectivity index (χ1n) is 7.34. The lowest BCUT2D eigenvalue weighted by atomic mass is 10.1. The van der Waals surface area contributed by atoms with Gasteiger partial charge in [-0.1, -0.05) is 54.5 Å². The average molecular weight is 339 g/mol. The van der Waals surface area contributed by atoms with Crippen molar-refractivity contribution in [1.29, 1.82) is 0 Å². The Morgan fingerprint density at radius 3 is 2.33 bits per heavy atom. The monoisotopic (exact) mass is 339 g/mol. The molecule has 1 N–H and O–H groups in total. The number of thioether (sulfide) groups is 1. The minimum atomic E-state index is -0.547. The van der Waals surface area contributed by atoms with E-state index in [2.05, 4.69) is 11.2 Å². The molecule has 0 aliphatic carbocycles. The fraction of sp³-hybridized carbons (Fsp3) is 0.158. The summed E-state index contributed by atoms with van der Waals surface area (Å²) in [5.74, 6) is 1.41. The Bertz CT molecular complexity index is 710. The Morgan fingerprint density at radius 1 is 1.08 bits per heavy atom. The summed E-state index contributed by atoms with van der Waals surface area (Å²) < 4.78 is 5.15. The van der Waals surface area contributed by atoms with Crippen LogP contribution in [0.4, 0.5) is 0 Å². The molecule has 0 aliphatic heterocycles. The maximum Gasteiger partial charge on any atom is 0.324 e. The quantitative estimate of drug-likeness (QED) is 0.479. The van der Waals surface area contributed by atoms with Gasteiger partial charge >= 0.3 is 5.97 Å². The number of terminal acetylenes is 1. The molecule has 0 spiro atoms. The van der Waals surface area contributed by atoms with Crippen LogP contribution < -0.4 is 5.32 Å². The topological polar surface area (TPSA) is 55.4 Å². The molecule has 2 aromatic carbocycles. The SMILES string of the molecule is C#CCNC(=O)COC(=O)[C@@H](Sc1ccccc1)c1ccccc1. The highest BCUT2D eigenvalue weighted by atomic mass is 32.2. The number of carbonyl (C=O) groups excluding carboxylic acids is 2. The molecule has 0 unspecified atom stereocenters. The number of hydrogen-bond acceptors (Lipinski definition) is 4. The maximum atomic E-state index is 12.5. The smallest absolute Gasteiger partial charge is 0.324 e. The van der Waals surface area contributed by atoms with Gasteiger partial charge in [-0.25, -0.2) is 0 Å². The Kier molecular flexibility index (Phi) is 6.93. The van der Waals surface area contributed by atoms with Gasteiger partial charge in [-0.15, -0.1) is 18.2 Å². The molecule has 0 heterocycles. The fourth-order valence-electron chi connectivity index (χ4n) is 1.93. The molecule has 0 fully saturated rings. The summed E-state index contributed by atoms with van der Waals surface area (Å²) in [6, 6.07) is 18.9. The van der Waals surface area contributed by atoms with E-state index >= 15 is 0 Å². The second kappa shape index (κ2) is 9.43. The highest BCUT2D eigenvalue weighted by Gasteiger charge is 2.24. The van der Waals surface area contributed by atoms with Gasteiger partial charge in [0.2, 0.25) is 0 Å². The molecule has 2 rings (SSSR count). The highest BCUT2D eigenvalue weighted by Crippen LogP contribution is 2.36. The summed E-state index contributed by atoms with van der Waals surface area (Å²) in [7, 11) is 0. The summed E-state index contributed by atoms with van der Waals surface area (Å²) in [6.07, 6.45) is 5.07. The van der Waals surface area contributed by atoms with E-state index in [1.165, 1.54) is 11.8 Å². The Hall–Kier alpha value is -2.71. The van der Waals surface area contributed by atoms with Gasteiger partial charge in [0.05, 0.1) is 6.54 Å². The van der Waals surface area contributed by atoms with E-state index in [9.17, 15) is 9.59 Å². The van der Waals surface area contributed by atoms with Crippen LogP contribution >= 0.6 is 11.8 Å². The van der Waals surface area contributed by atoms with Crippen molar-refractivity contribution in [2.24, 2.45) is 0 Å². The van der Waals surface area contributed by atoms with Crippen molar-refractivity contribution < 1.29 is 14.3 Å². The van der Waals surface area contributed by atoms with Crippen molar-refractivity contribution in [2.75, 3.05) is 13.2 Å². The van der Waals surface area contributed by atoms with E-state index in [4.69, 9.17) is 11.2 Å². The van der Waals surface area contributed by atoms with Gasteiger partial charge in [0.15, 0.2) is 6.61 Å². The Labute approximate surface area is 145 Å². The molecule has 0 radical (unpaired) electrons. The zero-order chi connectivity index (χ0) is 17.2. The molecular formula is C19H17NO3S. The van der Waals surface area contributed by atoms with Gasteiger partial charge in [-0.2, -0.15) is 0 Å². The largest absolute Gasteiger partial charge is 0.454 e. The number of ether oxygens (including phenoxy) is 1. The Balaban J connectivity index is 2.06. The molecule has 4 nitrogen and oxygen atoms in total. The second-order valence-electron chi connectivity index (χ2n) is 4.81. The first-order chi connectivity index (χ1) is 11.7. The van der Waals surface area contributed by atoms with Crippen molar-refractivity contribution in [3.8, 4) is 12.3 Å². The van der Waals surface area contributed by atoms with Crippen LogP contribution in [0.1, 0.15) is 10.8 Å². The second-order valence-corrected chi connectivity index (χ2v) is 5.99. The van der Waals surface area contributed by atoms with E-state index in [-0.39, 0.29) is 13.2 Å². The zero-order valence-electron chi connectivity index (χ0n) is 13.0. The van der Waals surface area contributed by atoms with Crippen LogP contribution in [0, 0.1) is 12.3 Å². The molecule has 0 bridgehead atoms. The number of benzene rings is 2. The van der Waals surface area contributed by atoms with Crippen LogP contribution in [0.15, 0.2) is 65.6 Å². The molecule has 0 saturated heterocycles. The molecule has 0 saturated carbocycles. The van der Waals surface area contributed by atoms with Gasteiger partial charge in [0, 0.05) is 4.90 Å². The summed E-state index contributed by atoms with van der Waals surface area (Å²) in [4.78, 5) is 24.9. The minimum Gasteiger partial charge on any atom is -0.454 e. The van der Waals surface area contributed by atoms with Crippen molar-refractivity contribution >= 4 is 23.6 Å². The number of nitrogens with one attached hydrogen (secondary N) is 1. The Morgan fingerprint density at radius 2 is 1.71 bits per heavy atom. The summed E-state index contributed by atoms with van der Waals surface area (Å²) in [6.45, 7) is -0.240. The highest BCUT2D eigenvalue weighted by molar-refractivity contribution is 8.00. The van der Waals surface area contributed by atoms with Gasteiger partial charge in [-0.3, -0.25) is 9.59 Å². The van der Waals surface area contributed by atoms with Gasteiger partial charge in [0.1, 0.15) is 5.25 Å². The van der Waals surface area contributed by atoms with E-state index in [1.807, 2.05) is 60.7 Å². The fourth-order valence-corrected chi connectivity index (χ4v) is 2.97. The van der Waals surface area contributed by atoms with Crippen LogP contribution in [0.3, 0.4) is 0 Å². The molecule has 1 amide bonds. The predicted octanol–water partition coefficient (Wildman–Crippen LogP) is 2.81. The third-order valence-corrected chi connectivity index (χ3v) is 4.29. The molecule has 0 aliphatic rings. The van der Waals surface area contributed by atoms with E-state index in [0.717, 1.165) is 10.5 Å². The average Bonchev–Trinajstić information content (AvgIpc) is 2.64. The third-order valence-electron chi connectivity index (χ3n) is 3.05. The normalized spacial score (nSPS) is 11.1. The lowest BCUT2D eigenvalue weighted by Crippen LogP contribution is -2.29. The van der Waals surface area contributed by atoms with Crippen molar-refractivity contribution in [1.82, 2.24) is 5.32 Å². The third kappa shape index (κ3) is 5.49. The van der Waals surface area contributed by atoms with Gasteiger partial charge in [-0.05, 0) is 17.7 Å². The van der Waals surface area contributed by atoms with Crippen molar-refractivity contribution in [3.63, 3.8) is 0 Å². The molecule has 2 aromatic rings. The summed E-state index contributed by atoms with van der Waals surface area (Å²) >= 11 is 1.38. The van der Waals surface area contributed by atoms with E-state index in [1.54, 1.807) is 0 Å². The van der Waals surface area contributed by atoms with Crippen LogP contribution in [0.5, 0.6) is 0 Å². The predicted molar refractivity (Wildman–Crippen MR) is 94.3 cm³/mol. The number of esters is 1. The molecular weight excluding hydrogens is 322 g/mol. The maximum absolute atomic E-state index is 12.5. The van der Waals surface area contributed by atoms with Crippen LogP contribution in [0.25, 0.3) is 0 Å². The molecule has 0 aromatic heterocycles. The van der Waals surface area contributed by atoms with E-state index in [0.29, 0.717) is 0 Å². The number of rotatable bonds is 7. The van der Waals surface area contributed by atoms with Crippen LogP contribution in [0.2, 0.25) is 0 Å². The minimum absolute atomic E-state index is 0.108. The standard InChI is InChI=1S/C19H17NO3S/c1-2-13-20-17(21)14-23-19(22)18(15-9-5-3-6-10-15)24-16-11-7-4-8-12-16/h1,3-12,18H,13-14H2,(H,20,21)/t18-/m0/s1. The van der Waals surface area contributed by atoms with Crippen molar-refractivity contribution in [2.45, 2.75) is 10.1 Å². The van der Waals surface area contributed by atoms with Crippen LogP contribution in [-0.4, -0.2) is 25.0 Å². The van der Waals surface area contributed by atoms with Gasteiger partial charge in [0.25, 0.3) is 5.91 Å². The summed E-state index contributed by atoms with van der Waals surface area (Å²) in [5, 5.41) is 1.91. The zero-order valence-corrected chi connectivity index (χ0v) is 13.8. The first kappa shape index (κ1) is 17.6. The lowest BCUT2D eigenvalue weighted by molar-refractivity contribution is -0.148. The number of carbonyl (C=O) groups is 2. The molecule has 122 valence electrons. The molecule has 24 heavy (non-hydrogen) atoms. The first-order valence-corrected chi connectivity index (χ1v) is 8.22. The number of amides is 1. The lowest BCUT2D eigenvalue weighted by Gasteiger charge is -2.16. The number of hydrogen-bond donors (Lipinski definition) is 1. The van der Waals surface area contributed by atoms with Gasteiger partial charge < -0.3 is 10.1 Å². The summed E-state index contributed by atoms with van der Waals surface area (Å²) in [5.41, 5.74) is 0.820. The molecule has 1 atom stereocenters. The molecule has 5 heteroatoms. The van der Waals surface area contributed by atoms with Crippen LogP contribution in [-0.2, 0) is 14.3 Å². The van der Waals surface area contributed by atoms with Crippen molar-refractivity contribution in [3.05, 3.63) is 66.2 Å². The van der Waals surface area contributed by atoms with E-state index < -0.39 is 17.1 Å².